The van der Waals surface area contributed by atoms with Gasteiger partial charge in [-0.2, -0.15) is 0 Å². The van der Waals surface area contributed by atoms with E-state index in [2.05, 4.69) is 33.0 Å². The van der Waals surface area contributed by atoms with Crippen LogP contribution in [0.4, 0.5) is 0 Å². The highest BCUT2D eigenvalue weighted by molar-refractivity contribution is 5.83. The highest BCUT2D eigenvalue weighted by Crippen LogP contribution is 2.20. The second kappa shape index (κ2) is 5.67. The first-order valence-corrected chi connectivity index (χ1v) is 6.41. The van der Waals surface area contributed by atoms with Gasteiger partial charge in [-0.05, 0) is 30.7 Å². The molecule has 1 unspecified atom stereocenters. The normalized spacial score (nSPS) is 21.9. The van der Waals surface area contributed by atoms with Crippen molar-refractivity contribution in [2.75, 3.05) is 20.1 Å². The molecule has 1 N–H and O–H groups in total. The van der Waals surface area contributed by atoms with E-state index in [4.69, 9.17) is 0 Å². The highest BCUT2D eigenvalue weighted by Gasteiger charge is 2.29. The predicted octanol–water partition coefficient (Wildman–Crippen LogP) is 1.73. The molecular weight excluding hydrogens is 200 g/mol. The van der Waals surface area contributed by atoms with Crippen molar-refractivity contribution in [3.05, 3.63) is 0 Å². The lowest BCUT2D eigenvalue weighted by Gasteiger charge is -2.26. The Kier molecular flexibility index (Phi) is 4.78. The summed E-state index contributed by atoms with van der Waals surface area (Å²) in [4.78, 5) is 13.5. The molecule has 16 heavy (non-hydrogen) atoms. The van der Waals surface area contributed by atoms with Gasteiger partial charge in [-0.25, -0.2) is 0 Å². The summed E-state index contributed by atoms with van der Waals surface area (Å²) in [6, 6.07) is 0.0602. The third-order valence-electron chi connectivity index (χ3n) is 3.74. The third-order valence-corrected chi connectivity index (χ3v) is 3.74. The molecule has 1 saturated heterocycles. The van der Waals surface area contributed by atoms with Crippen LogP contribution in [-0.4, -0.2) is 37.0 Å². The van der Waals surface area contributed by atoms with Crippen LogP contribution in [-0.2, 0) is 4.79 Å². The number of carbonyl (C=O) groups excluding carboxylic acids is 1. The number of nitrogens with zero attached hydrogens (tertiary/aromatic N) is 1. The molecular formula is C13H26N2O. The molecule has 0 aliphatic carbocycles. The summed E-state index contributed by atoms with van der Waals surface area (Å²) in [7, 11) is 1.88. The average molecular weight is 226 g/mol. The molecule has 0 aromatic rings. The number of hydrogen-bond acceptors (Lipinski definition) is 2. The first-order valence-electron chi connectivity index (χ1n) is 6.41. The van der Waals surface area contributed by atoms with Crippen molar-refractivity contribution >= 4 is 5.91 Å². The number of rotatable bonds is 5. The number of carbonyl (C=O) groups is 1. The van der Waals surface area contributed by atoms with Crippen molar-refractivity contribution in [3.8, 4) is 0 Å². The van der Waals surface area contributed by atoms with E-state index < -0.39 is 0 Å². The Hall–Kier alpha value is -0.570. The maximum absolute atomic E-state index is 11.7. The van der Waals surface area contributed by atoms with Crippen LogP contribution in [0.3, 0.4) is 0 Å². The van der Waals surface area contributed by atoms with Crippen LogP contribution in [0.1, 0.15) is 34.1 Å². The molecule has 0 aromatic heterocycles. The minimum absolute atomic E-state index is 0.0602. The Morgan fingerprint density at radius 2 is 1.88 bits per heavy atom. The number of nitrogens with one attached hydrogen (secondary N) is 1. The molecule has 1 heterocycles. The SMILES string of the molecule is CC(C)C(CNC1CCN(C)C1=O)C(C)C. The summed E-state index contributed by atoms with van der Waals surface area (Å²) < 4.78 is 0. The van der Waals surface area contributed by atoms with Gasteiger partial charge in [0.2, 0.25) is 5.91 Å². The van der Waals surface area contributed by atoms with Crippen molar-refractivity contribution in [1.29, 1.82) is 0 Å². The Labute approximate surface area is 99.6 Å². The molecule has 1 aliphatic rings. The first-order chi connectivity index (χ1) is 7.43. The zero-order valence-corrected chi connectivity index (χ0v) is 11.3. The fourth-order valence-electron chi connectivity index (χ4n) is 2.53. The number of likely N-dealkylation sites (tertiary alicyclic amines) is 1. The van der Waals surface area contributed by atoms with Gasteiger partial charge in [0.15, 0.2) is 0 Å². The van der Waals surface area contributed by atoms with Crippen molar-refractivity contribution in [3.63, 3.8) is 0 Å². The van der Waals surface area contributed by atoms with Gasteiger partial charge in [0.25, 0.3) is 0 Å². The molecule has 3 nitrogen and oxygen atoms in total. The van der Waals surface area contributed by atoms with Gasteiger partial charge >= 0.3 is 0 Å². The second-order valence-electron chi connectivity index (χ2n) is 5.66. The van der Waals surface area contributed by atoms with Gasteiger partial charge in [-0.3, -0.25) is 4.79 Å². The van der Waals surface area contributed by atoms with E-state index in [0.717, 1.165) is 19.5 Å². The molecule has 94 valence electrons. The molecule has 1 amide bonds. The molecule has 1 fully saturated rings. The average Bonchev–Trinajstić information content (AvgIpc) is 2.48. The van der Waals surface area contributed by atoms with Gasteiger partial charge in [0.05, 0.1) is 6.04 Å². The third kappa shape index (κ3) is 3.21. The van der Waals surface area contributed by atoms with Gasteiger partial charge in [-0.15, -0.1) is 0 Å². The highest BCUT2D eigenvalue weighted by atomic mass is 16.2. The smallest absolute Gasteiger partial charge is 0.239 e. The molecule has 0 bridgehead atoms. The second-order valence-corrected chi connectivity index (χ2v) is 5.66. The summed E-state index contributed by atoms with van der Waals surface area (Å²) in [5, 5.41) is 3.43. The molecule has 1 aliphatic heterocycles. The summed E-state index contributed by atoms with van der Waals surface area (Å²) in [6.07, 6.45) is 0.957. The zero-order chi connectivity index (χ0) is 12.3. The molecule has 0 saturated carbocycles. The molecule has 0 spiro atoms. The fraction of sp³-hybridized carbons (Fsp3) is 0.923. The number of amides is 1. The maximum Gasteiger partial charge on any atom is 0.239 e. The maximum atomic E-state index is 11.7. The van der Waals surface area contributed by atoms with Crippen LogP contribution < -0.4 is 5.32 Å². The molecule has 0 aromatic carbocycles. The Bertz CT molecular complexity index is 230. The zero-order valence-electron chi connectivity index (χ0n) is 11.3. The summed E-state index contributed by atoms with van der Waals surface area (Å²) in [5.74, 6) is 2.24. The van der Waals surface area contributed by atoms with E-state index in [0.29, 0.717) is 17.8 Å². The summed E-state index contributed by atoms with van der Waals surface area (Å²) in [6.45, 7) is 10.9. The van der Waals surface area contributed by atoms with E-state index in [1.54, 1.807) is 0 Å². The van der Waals surface area contributed by atoms with Crippen LogP contribution in [0, 0.1) is 17.8 Å². The predicted molar refractivity (Wildman–Crippen MR) is 67.2 cm³/mol. The largest absolute Gasteiger partial charge is 0.344 e. The molecule has 0 radical (unpaired) electrons. The Morgan fingerprint density at radius 3 is 2.25 bits per heavy atom. The first kappa shape index (κ1) is 13.5. The van der Waals surface area contributed by atoms with Gasteiger partial charge in [0.1, 0.15) is 0 Å². The van der Waals surface area contributed by atoms with E-state index in [-0.39, 0.29) is 11.9 Å². The Morgan fingerprint density at radius 1 is 1.31 bits per heavy atom. The molecule has 1 rings (SSSR count). The molecule has 1 atom stereocenters. The van der Waals surface area contributed by atoms with Crippen molar-refractivity contribution in [2.45, 2.75) is 40.2 Å². The van der Waals surface area contributed by atoms with Crippen molar-refractivity contribution in [1.82, 2.24) is 10.2 Å². The lowest BCUT2D eigenvalue weighted by Crippen LogP contribution is -2.41. The quantitative estimate of drug-likeness (QED) is 0.774. The van der Waals surface area contributed by atoms with E-state index >= 15 is 0 Å². The van der Waals surface area contributed by atoms with Gasteiger partial charge < -0.3 is 10.2 Å². The number of likely N-dealkylation sites (N-methyl/N-ethyl adjacent to an activating group) is 1. The van der Waals surface area contributed by atoms with Crippen LogP contribution >= 0.6 is 0 Å². The minimum atomic E-state index is 0.0602. The van der Waals surface area contributed by atoms with Crippen LogP contribution in [0.2, 0.25) is 0 Å². The van der Waals surface area contributed by atoms with Crippen LogP contribution in [0.15, 0.2) is 0 Å². The summed E-state index contributed by atoms with van der Waals surface area (Å²) >= 11 is 0. The van der Waals surface area contributed by atoms with Crippen LogP contribution in [0.25, 0.3) is 0 Å². The topological polar surface area (TPSA) is 32.3 Å². The van der Waals surface area contributed by atoms with E-state index in [1.807, 2.05) is 11.9 Å². The lowest BCUT2D eigenvalue weighted by atomic mass is 9.85. The monoisotopic (exact) mass is 226 g/mol. The van der Waals surface area contributed by atoms with E-state index in [1.165, 1.54) is 0 Å². The van der Waals surface area contributed by atoms with Crippen molar-refractivity contribution < 1.29 is 4.79 Å². The van der Waals surface area contributed by atoms with Crippen LogP contribution in [0.5, 0.6) is 0 Å². The number of hydrogen-bond donors (Lipinski definition) is 1. The lowest BCUT2D eigenvalue weighted by molar-refractivity contribution is -0.128. The fourth-order valence-corrected chi connectivity index (χ4v) is 2.53. The standard InChI is InChI=1S/C13H26N2O/c1-9(2)11(10(3)4)8-14-12-6-7-15(5)13(12)16/h9-12,14H,6-8H2,1-5H3. The van der Waals surface area contributed by atoms with Crippen molar-refractivity contribution in [2.24, 2.45) is 17.8 Å². The Balaban J connectivity index is 2.41. The van der Waals surface area contributed by atoms with E-state index in [9.17, 15) is 4.79 Å². The summed E-state index contributed by atoms with van der Waals surface area (Å²) in [5.41, 5.74) is 0. The van der Waals surface area contributed by atoms with Gasteiger partial charge in [-0.1, -0.05) is 27.7 Å². The molecule has 3 heteroatoms. The minimum Gasteiger partial charge on any atom is -0.344 e. The van der Waals surface area contributed by atoms with Gasteiger partial charge in [0, 0.05) is 13.6 Å².